The summed E-state index contributed by atoms with van der Waals surface area (Å²) in [7, 11) is -4.27. The largest absolute Gasteiger partial charge is 0.320 e. The molecule has 1 aromatic rings. The van der Waals surface area contributed by atoms with Gasteiger partial charge in [0.25, 0.3) is 10.0 Å². The van der Waals surface area contributed by atoms with Gasteiger partial charge in [-0.05, 0) is 6.07 Å². The normalized spacial score (nSPS) is 13.3. The molecule has 1 aromatic heterocycles. The SMILES string of the molecule is O=S(=O)(NCC(F)(F)C(F)F)c1ccn[nH]1. The van der Waals surface area contributed by atoms with Gasteiger partial charge in [-0.2, -0.15) is 13.9 Å². The first-order valence-electron chi connectivity index (χ1n) is 3.91. The highest BCUT2D eigenvalue weighted by Gasteiger charge is 2.41. The lowest BCUT2D eigenvalue weighted by atomic mass is 10.4. The molecule has 0 bridgehead atoms. The van der Waals surface area contributed by atoms with Gasteiger partial charge in [-0.25, -0.2) is 21.9 Å². The second-order valence-corrected chi connectivity index (χ2v) is 4.54. The zero-order valence-corrected chi connectivity index (χ0v) is 8.44. The van der Waals surface area contributed by atoms with Crippen LogP contribution in [0.1, 0.15) is 0 Å². The minimum absolute atomic E-state index is 0.474. The van der Waals surface area contributed by atoms with Gasteiger partial charge in [-0.15, -0.1) is 0 Å². The zero-order valence-electron chi connectivity index (χ0n) is 7.62. The molecule has 0 aliphatic rings. The van der Waals surface area contributed by atoms with Crippen molar-refractivity contribution in [1.82, 2.24) is 14.9 Å². The van der Waals surface area contributed by atoms with Crippen molar-refractivity contribution < 1.29 is 26.0 Å². The van der Waals surface area contributed by atoms with Crippen LogP contribution in [-0.4, -0.2) is 37.5 Å². The second-order valence-electron chi connectivity index (χ2n) is 2.81. The van der Waals surface area contributed by atoms with E-state index in [4.69, 9.17) is 0 Å². The highest BCUT2D eigenvalue weighted by atomic mass is 32.2. The van der Waals surface area contributed by atoms with Gasteiger partial charge in [0, 0.05) is 0 Å². The van der Waals surface area contributed by atoms with Crippen molar-refractivity contribution in [3.05, 3.63) is 12.3 Å². The van der Waals surface area contributed by atoms with Gasteiger partial charge in [0.1, 0.15) is 0 Å². The molecule has 0 fully saturated rings. The van der Waals surface area contributed by atoms with Crippen LogP contribution in [0.5, 0.6) is 0 Å². The third-order valence-electron chi connectivity index (χ3n) is 1.58. The lowest BCUT2D eigenvalue weighted by molar-refractivity contribution is -0.122. The summed E-state index contributed by atoms with van der Waals surface area (Å²) >= 11 is 0. The molecule has 0 saturated carbocycles. The van der Waals surface area contributed by atoms with Crippen molar-refractivity contribution >= 4 is 10.0 Å². The van der Waals surface area contributed by atoms with E-state index in [2.05, 4.69) is 5.10 Å². The molecule has 0 unspecified atom stereocenters. The number of aromatic nitrogens is 2. The van der Waals surface area contributed by atoms with Crippen molar-refractivity contribution in [3.8, 4) is 0 Å². The third-order valence-corrected chi connectivity index (χ3v) is 2.91. The molecule has 0 spiro atoms. The summed E-state index contributed by atoms with van der Waals surface area (Å²) in [6, 6.07) is 1.00. The summed E-state index contributed by atoms with van der Waals surface area (Å²) in [4.78, 5) is 0. The number of nitrogens with one attached hydrogen (secondary N) is 2. The maximum atomic E-state index is 12.4. The molecular weight excluding hydrogens is 254 g/mol. The van der Waals surface area contributed by atoms with Crippen LogP contribution in [-0.2, 0) is 10.0 Å². The Bertz CT molecular complexity index is 431. The fourth-order valence-electron chi connectivity index (χ4n) is 0.739. The number of hydrogen-bond acceptors (Lipinski definition) is 3. The summed E-state index contributed by atoms with van der Waals surface area (Å²) in [6.07, 6.45) is -2.85. The van der Waals surface area contributed by atoms with E-state index in [9.17, 15) is 26.0 Å². The lowest BCUT2D eigenvalue weighted by Gasteiger charge is -2.15. The van der Waals surface area contributed by atoms with Crippen LogP contribution >= 0.6 is 0 Å². The highest BCUT2D eigenvalue weighted by molar-refractivity contribution is 7.89. The maximum absolute atomic E-state index is 12.4. The molecule has 0 saturated heterocycles. The predicted octanol–water partition coefficient (Wildman–Crippen LogP) is 0.588. The Balaban J connectivity index is 2.70. The molecule has 16 heavy (non-hydrogen) atoms. The number of H-pyrrole nitrogens is 1. The van der Waals surface area contributed by atoms with E-state index in [0.29, 0.717) is 0 Å². The minimum Gasteiger partial charge on any atom is -0.266 e. The predicted molar refractivity (Wildman–Crippen MR) is 44.7 cm³/mol. The first kappa shape index (κ1) is 12.9. The van der Waals surface area contributed by atoms with Crippen LogP contribution in [0.25, 0.3) is 0 Å². The van der Waals surface area contributed by atoms with Crippen molar-refractivity contribution in [2.45, 2.75) is 17.4 Å². The van der Waals surface area contributed by atoms with Crippen LogP contribution < -0.4 is 4.72 Å². The first-order valence-corrected chi connectivity index (χ1v) is 5.39. The van der Waals surface area contributed by atoms with E-state index in [1.165, 1.54) is 4.72 Å². The van der Waals surface area contributed by atoms with Crippen LogP contribution in [0.15, 0.2) is 17.3 Å². The lowest BCUT2D eigenvalue weighted by Crippen LogP contribution is -2.41. The summed E-state index contributed by atoms with van der Waals surface area (Å²) < 4.78 is 72.0. The van der Waals surface area contributed by atoms with Crippen molar-refractivity contribution in [2.75, 3.05) is 6.54 Å². The van der Waals surface area contributed by atoms with E-state index in [1.807, 2.05) is 5.10 Å². The molecule has 0 aromatic carbocycles. The Labute approximate surface area is 87.9 Å². The molecule has 0 aliphatic carbocycles. The fourth-order valence-corrected chi connectivity index (χ4v) is 1.69. The molecule has 10 heteroatoms. The molecule has 0 radical (unpaired) electrons. The summed E-state index contributed by atoms with van der Waals surface area (Å²) in [6.45, 7) is -1.67. The molecule has 5 nitrogen and oxygen atoms in total. The molecule has 0 amide bonds. The summed E-state index contributed by atoms with van der Waals surface area (Å²) in [5.41, 5.74) is 0. The number of rotatable bonds is 5. The zero-order chi connectivity index (χ0) is 12.4. The van der Waals surface area contributed by atoms with E-state index < -0.39 is 33.9 Å². The van der Waals surface area contributed by atoms with Crippen molar-refractivity contribution in [3.63, 3.8) is 0 Å². The van der Waals surface area contributed by atoms with E-state index >= 15 is 0 Å². The Kier molecular flexibility index (Phi) is 3.53. The van der Waals surface area contributed by atoms with Gasteiger partial charge in [-0.3, -0.25) is 5.10 Å². The summed E-state index contributed by atoms with van der Waals surface area (Å²) in [5.74, 6) is -4.41. The number of hydrogen-bond donors (Lipinski definition) is 2. The van der Waals surface area contributed by atoms with Crippen LogP contribution in [0.2, 0.25) is 0 Å². The number of aromatic amines is 1. The molecular formula is C6H7F4N3O2S. The quantitative estimate of drug-likeness (QED) is 0.762. The number of alkyl halides is 4. The van der Waals surface area contributed by atoms with Gasteiger partial charge in [0.05, 0.1) is 12.7 Å². The van der Waals surface area contributed by atoms with Crippen LogP contribution in [0.3, 0.4) is 0 Å². The molecule has 1 rings (SSSR count). The number of nitrogens with zero attached hydrogens (tertiary/aromatic N) is 1. The average Bonchev–Trinajstić information content (AvgIpc) is 2.68. The second kappa shape index (κ2) is 4.37. The van der Waals surface area contributed by atoms with Gasteiger partial charge >= 0.3 is 12.3 Å². The Morgan fingerprint density at radius 1 is 1.50 bits per heavy atom. The molecule has 0 atom stereocenters. The highest BCUT2D eigenvalue weighted by Crippen LogP contribution is 2.22. The van der Waals surface area contributed by atoms with Gasteiger partial charge in [-0.1, -0.05) is 0 Å². The van der Waals surface area contributed by atoms with Crippen molar-refractivity contribution in [1.29, 1.82) is 0 Å². The van der Waals surface area contributed by atoms with E-state index in [1.54, 1.807) is 0 Å². The average molecular weight is 261 g/mol. The minimum atomic E-state index is -4.41. The Morgan fingerprint density at radius 3 is 2.56 bits per heavy atom. The van der Waals surface area contributed by atoms with Gasteiger partial charge in [0.15, 0.2) is 5.03 Å². The molecule has 2 N–H and O–H groups in total. The van der Waals surface area contributed by atoms with E-state index in [0.717, 1.165) is 12.3 Å². The maximum Gasteiger partial charge on any atom is 0.320 e. The Morgan fingerprint density at radius 2 is 2.12 bits per heavy atom. The molecule has 1 heterocycles. The van der Waals surface area contributed by atoms with Crippen LogP contribution in [0, 0.1) is 0 Å². The van der Waals surface area contributed by atoms with E-state index in [-0.39, 0.29) is 0 Å². The number of halogens is 4. The smallest absolute Gasteiger partial charge is 0.266 e. The molecule has 92 valence electrons. The van der Waals surface area contributed by atoms with Gasteiger partial charge in [0.2, 0.25) is 0 Å². The fraction of sp³-hybridized carbons (Fsp3) is 0.500. The third kappa shape index (κ3) is 2.92. The standard InChI is InChI=1S/C6H7F4N3O2S/c7-5(8)6(9,10)3-12-16(14,15)4-1-2-11-13-4/h1-2,5,12H,3H2,(H,11,13). The van der Waals surface area contributed by atoms with Crippen molar-refractivity contribution in [2.24, 2.45) is 0 Å². The molecule has 0 aliphatic heterocycles. The number of sulfonamides is 1. The first-order chi connectivity index (χ1) is 7.26. The Hall–Kier alpha value is -1.16. The topological polar surface area (TPSA) is 74.8 Å². The van der Waals surface area contributed by atoms with Gasteiger partial charge < -0.3 is 0 Å². The summed E-state index contributed by atoms with van der Waals surface area (Å²) in [5, 5.41) is 4.82. The monoisotopic (exact) mass is 261 g/mol. The van der Waals surface area contributed by atoms with Crippen LogP contribution in [0.4, 0.5) is 17.6 Å².